The summed E-state index contributed by atoms with van der Waals surface area (Å²) in [5.74, 6) is 0. The minimum atomic E-state index is -0.541. The molecule has 1 aromatic rings. The van der Waals surface area contributed by atoms with Crippen LogP contribution in [0.2, 0.25) is 5.02 Å². The summed E-state index contributed by atoms with van der Waals surface area (Å²) < 4.78 is 5.16. The van der Waals surface area contributed by atoms with Gasteiger partial charge in [-0.3, -0.25) is 0 Å². The number of amides is 1. The molecule has 2 N–H and O–H groups in total. The van der Waals surface area contributed by atoms with E-state index in [1.165, 1.54) is 0 Å². The second-order valence-electron chi connectivity index (χ2n) is 5.69. The van der Waals surface area contributed by atoms with Crippen LogP contribution in [0, 0.1) is 0 Å². The topological polar surface area (TPSA) is 58.6 Å². The van der Waals surface area contributed by atoms with Gasteiger partial charge in [-0.15, -0.1) is 0 Å². The van der Waals surface area contributed by atoms with Crippen molar-refractivity contribution < 1.29 is 14.6 Å². The Kier molecular flexibility index (Phi) is 6.30. The second-order valence-corrected chi connectivity index (χ2v) is 6.13. The highest BCUT2D eigenvalue weighted by molar-refractivity contribution is 6.30. The Balaban J connectivity index is 2.43. The molecule has 0 aliphatic carbocycles. The molecule has 0 saturated heterocycles. The van der Waals surface area contributed by atoms with Crippen molar-refractivity contribution in [1.29, 1.82) is 0 Å². The summed E-state index contributed by atoms with van der Waals surface area (Å²) >= 11 is 5.82. The number of aryl methyl sites for hydroxylation is 1. The zero-order valence-corrected chi connectivity index (χ0v) is 12.9. The Bertz CT molecular complexity index is 426. The lowest BCUT2D eigenvalue weighted by Gasteiger charge is -2.22. The van der Waals surface area contributed by atoms with Crippen molar-refractivity contribution in [3.05, 3.63) is 34.9 Å². The fourth-order valence-corrected chi connectivity index (χ4v) is 1.80. The van der Waals surface area contributed by atoms with Crippen molar-refractivity contribution in [2.24, 2.45) is 0 Å². The van der Waals surface area contributed by atoms with Gasteiger partial charge in [0.2, 0.25) is 0 Å². The van der Waals surface area contributed by atoms with Gasteiger partial charge < -0.3 is 15.2 Å². The number of aliphatic hydroxyl groups excluding tert-OH is 1. The van der Waals surface area contributed by atoms with Crippen molar-refractivity contribution in [3.63, 3.8) is 0 Å². The van der Waals surface area contributed by atoms with Gasteiger partial charge in [-0.2, -0.15) is 0 Å². The van der Waals surface area contributed by atoms with Crippen molar-refractivity contribution in [2.75, 3.05) is 6.61 Å². The van der Waals surface area contributed by atoms with Gasteiger partial charge in [-0.05, 0) is 51.3 Å². The van der Waals surface area contributed by atoms with Gasteiger partial charge in [0.15, 0.2) is 0 Å². The van der Waals surface area contributed by atoms with E-state index in [0.717, 1.165) is 12.0 Å². The number of ether oxygens (including phenoxy) is 1. The largest absolute Gasteiger partial charge is 0.444 e. The summed E-state index contributed by atoms with van der Waals surface area (Å²) in [6.07, 6.45) is 0.878. The minimum absolute atomic E-state index is 0.118. The van der Waals surface area contributed by atoms with E-state index < -0.39 is 11.7 Å². The predicted octanol–water partition coefficient (Wildman–Crippen LogP) is 3.16. The van der Waals surface area contributed by atoms with Crippen molar-refractivity contribution in [1.82, 2.24) is 5.32 Å². The van der Waals surface area contributed by atoms with Gasteiger partial charge in [-0.25, -0.2) is 4.79 Å². The first-order chi connectivity index (χ1) is 9.30. The highest BCUT2D eigenvalue weighted by atomic mass is 35.5. The van der Waals surface area contributed by atoms with Crippen LogP contribution in [0.3, 0.4) is 0 Å². The van der Waals surface area contributed by atoms with Gasteiger partial charge >= 0.3 is 6.09 Å². The molecule has 0 heterocycles. The molecule has 0 spiro atoms. The number of benzene rings is 1. The molecule has 1 amide bonds. The van der Waals surface area contributed by atoms with E-state index in [-0.39, 0.29) is 12.6 Å². The molecule has 0 aliphatic rings. The number of alkyl carbamates (subject to hydrolysis) is 1. The predicted molar refractivity (Wildman–Crippen MR) is 80.0 cm³/mol. The first-order valence-corrected chi connectivity index (χ1v) is 7.03. The van der Waals surface area contributed by atoms with Crippen LogP contribution in [0.4, 0.5) is 4.79 Å². The lowest BCUT2D eigenvalue weighted by Crippen LogP contribution is -2.41. The molecule has 20 heavy (non-hydrogen) atoms. The molecule has 0 radical (unpaired) electrons. The highest BCUT2D eigenvalue weighted by Gasteiger charge is 2.19. The van der Waals surface area contributed by atoms with Gasteiger partial charge in [-0.1, -0.05) is 23.7 Å². The number of carbonyl (C=O) groups excluding carboxylic acids is 1. The number of aliphatic hydroxyl groups is 1. The van der Waals surface area contributed by atoms with Crippen LogP contribution >= 0.6 is 11.6 Å². The fourth-order valence-electron chi connectivity index (χ4n) is 1.68. The Hall–Kier alpha value is -1.26. The molecule has 1 atom stereocenters. The normalized spacial score (nSPS) is 12.8. The zero-order chi connectivity index (χ0) is 15.2. The van der Waals surface area contributed by atoms with Crippen molar-refractivity contribution in [3.8, 4) is 0 Å². The molecule has 112 valence electrons. The average molecular weight is 300 g/mol. The van der Waals surface area contributed by atoms with Crippen molar-refractivity contribution in [2.45, 2.75) is 45.3 Å². The monoisotopic (exact) mass is 299 g/mol. The van der Waals surface area contributed by atoms with E-state index in [9.17, 15) is 9.90 Å². The number of hydrogen-bond donors (Lipinski definition) is 2. The van der Waals surface area contributed by atoms with Gasteiger partial charge in [0.1, 0.15) is 5.60 Å². The molecule has 1 aromatic carbocycles. The third-order valence-corrected chi connectivity index (χ3v) is 2.89. The molecule has 0 bridgehead atoms. The number of rotatable bonds is 5. The minimum Gasteiger partial charge on any atom is -0.444 e. The Morgan fingerprint density at radius 2 is 1.95 bits per heavy atom. The molecule has 0 aromatic heterocycles. The highest BCUT2D eigenvalue weighted by Crippen LogP contribution is 2.12. The maximum Gasteiger partial charge on any atom is 0.407 e. The number of nitrogens with one attached hydrogen (secondary N) is 1. The number of carbonyl (C=O) groups is 1. The first-order valence-electron chi connectivity index (χ1n) is 6.65. The fraction of sp³-hybridized carbons (Fsp3) is 0.533. The second kappa shape index (κ2) is 7.50. The lowest BCUT2D eigenvalue weighted by atomic mass is 10.1. The molecule has 4 nitrogen and oxygen atoms in total. The van der Waals surface area contributed by atoms with Crippen LogP contribution in [0.25, 0.3) is 0 Å². The van der Waals surface area contributed by atoms with E-state index in [1.54, 1.807) is 20.8 Å². The quantitative estimate of drug-likeness (QED) is 0.878. The summed E-state index contributed by atoms with van der Waals surface area (Å²) in [6.45, 7) is 5.28. The van der Waals surface area contributed by atoms with E-state index in [0.29, 0.717) is 11.4 Å². The van der Waals surface area contributed by atoms with E-state index in [1.807, 2.05) is 24.3 Å². The van der Waals surface area contributed by atoms with Crippen LogP contribution in [-0.4, -0.2) is 29.4 Å². The summed E-state index contributed by atoms with van der Waals surface area (Å²) in [4.78, 5) is 11.6. The molecule has 0 saturated carbocycles. The standard InChI is InChI=1S/C15H22ClNO3/c1-15(2,3)20-14(19)17-13(10-18)9-6-11-4-7-12(16)8-5-11/h4-5,7-8,13,18H,6,9-10H2,1-3H3,(H,17,19)/t13-/m1/s1. The Morgan fingerprint density at radius 1 is 1.35 bits per heavy atom. The van der Waals surface area contributed by atoms with Gasteiger partial charge in [0.25, 0.3) is 0 Å². The van der Waals surface area contributed by atoms with E-state index in [4.69, 9.17) is 16.3 Å². The summed E-state index contributed by atoms with van der Waals surface area (Å²) in [6, 6.07) is 7.20. The third-order valence-electron chi connectivity index (χ3n) is 2.64. The first kappa shape index (κ1) is 16.8. The molecule has 0 aliphatic heterocycles. The molecular weight excluding hydrogens is 278 g/mol. The van der Waals surface area contributed by atoms with Gasteiger partial charge in [0.05, 0.1) is 12.6 Å². The van der Waals surface area contributed by atoms with Crippen LogP contribution in [0.5, 0.6) is 0 Å². The smallest absolute Gasteiger partial charge is 0.407 e. The molecule has 1 rings (SSSR count). The summed E-state index contributed by atoms with van der Waals surface area (Å²) in [5, 5.41) is 12.7. The van der Waals surface area contributed by atoms with Gasteiger partial charge in [0, 0.05) is 5.02 Å². The maximum atomic E-state index is 11.6. The summed E-state index contributed by atoms with van der Waals surface area (Å²) in [5.41, 5.74) is 0.569. The maximum absolute atomic E-state index is 11.6. The average Bonchev–Trinajstić information content (AvgIpc) is 2.34. The van der Waals surface area contributed by atoms with Crippen LogP contribution in [0.1, 0.15) is 32.8 Å². The lowest BCUT2D eigenvalue weighted by molar-refractivity contribution is 0.0479. The van der Waals surface area contributed by atoms with E-state index in [2.05, 4.69) is 5.32 Å². The van der Waals surface area contributed by atoms with Crippen LogP contribution in [-0.2, 0) is 11.2 Å². The molecular formula is C15H22ClNO3. The SMILES string of the molecule is CC(C)(C)OC(=O)N[C@@H](CO)CCc1ccc(Cl)cc1. The molecule has 0 unspecified atom stereocenters. The van der Waals surface area contributed by atoms with Crippen LogP contribution in [0.15, 0.2) is 24.3 Å². The van der Waals surface area contributed by atoms with Crippen molar-refractivity contribution >= 4 is 17.7 Å². The summed E-state index contributed by atoms with van der Waals surface area (Å²) in [7, 11) is 0. The number of halogens is 1. The Labute approximate surface area is 125 Å². The Morgan fingerprint density at radius 3 is 2.45 bits per heavy atom. The molecule has 5 heteroatoms. The van der Waals surface area contributed by atoms with E-state index >= 15 is 0 Å². The number of hydrogen-bond acceptors (Lipinski definition) is 3. The zero-order valence-electron chi connectivity index (χ0n) is 12.1. The third kappa shape index (κ3) is 6.78. The molecule has 0 fully saturated rings. The van der Waals surface area contributed by atoms with Crippen LogP contribution < -0.4 is 5.32 Å².